The van der Waals surface area contributed by atoms with E-state index in [1.807, 2.05) is 0 Å². The summed E-state index contributed by atoms with van der Waals surface area (Å²) in [7, 11) is 0. The van der Waals surface area contributed by atoms with Gasteiger partial charge in [-0.3, -0.25) is 9.59 Å². The van der Waals surface area contributed by atoms with Crippen molar-refractivity contribution in [3.05, 3.63) is 12.2 Å². The number of hydrogen-bond acceptors (Lipinski definition) is 3. The van der Waals surface area contributed by atoms with Gasteiger partial charge in [-0.25, -0.2) is 0 Å². The second kappa shape index (κ2) is 12.9. The zero-order valence-electron chi connectivity index (χ0n) is 29.8. The highest BCUT2D eigenvalue weighted by molar-refractivity contribution is 5.83. The molecule has 3 N–H and O–H groups in total. The number of nitrogens with one attached hydrogen (secondary N) is 1. The van der Waals surface area contributed by atoms with Gasteiger partial charge in [0.15, 0.2) is 0 Å². The Bertz CT molecular complexity index is 1120. The molecule has 0 bridgehead atoms. The molecule has 0 heterocycles. The third kappa shape index (κ3) is 5.75. The van der Waals surface area contributed by atoms with Crippen LogP contribution < -0.4 is 5.32 Å². The predicted octanol–water partition coefficient (Wildman–Crippen LogP) is 9.33. The summed E-state index contributed by atoms with van der Waals surface area (Å²) < 4.78 is 0. The SMILES string of the molecule is C=C(C)[C@@H]1CC[C@]2(C(=O)NCCCCCCCCCC(=O)O)CC[C@]3(C)[C@H](CCC4[C@@]5(C)CC[C@H](O)C(C)(C)[C@@H]5CC[C@]43C)[C@@H]12. The molecule has 10 atom stereocenters. The summed E-state index contributed by atoms with van der Waals surface area (Å²) in [6, 6.07) is 0. The Morgan fingerprint density at radius 1 is 0.756 bits per heavy atom. The van der Waals surface area contributed by atoms with E-state index < -0.39 is 5.97 Å². The molecule has 5 rings (SSSR count). The van der Waals surface area contributed by atoms with E-state index in [2.05, 4.69) is 53.4 Å². The second-order valence-electron chi connectivity index (χ2n) is 18.1. The first-order valence-corrected chi connectivity index (χ1v) is 19.0. The Morgan fingerprint density at radius 2 is 1.42 bits per heavy atom. The fraction of sp³-hybridized carbons (Fsp3) is 0.900. The predicted molar refractivity (Wildman–Crippen MR) is 183 cm³/mol. The van der Waals surface area contributed by atoms with Crippen LogP contribution in [0.2, 0.25) is 0 Å². The number of carboxylic acid groups (broad SMARTS) is 1. The van der Waals surface area contributed by atoms with Gasteiger partial charge in [0.2, 0.25) is 5.91 Å². The van der Waals surface area contributed by atoms with Crippen molar-refractivity contribution in [3.8, 4) is 0 Å². The van der Waals surface area contributed by atoms with Crippen LogP contribution in [0.4, 0.5) is 0 Å². The first-order valence-electron chi connectivity index (χ1n) is 19.0. The van der Waals surface area contributed by atoms with Crippen LogP contribution in [0.25, 0.3) is 0 Å². The topological polar surface area (TPSA) is 86.6 Å². The summed E-state index contributed by atoms with van der Waals surface area (Å²) in [6.07, 6.45) is 18.8. The molecule has 256 valence electrons. The Labute approximate surface area is 275 Å². The first kappa shape index (κ1) is 35.0. The van der Waals surface area contributed by atoms with Gasteiger partial charge >= 0.3 is 5.97 Å². The molecule has 0 saturated heterocycles. The first-order chi connectivity index (χ1) is 21.1. The monoisotopic (exact) mass is 626 g/mol. The molecule has 0 aliphatic heterocycles. The average molecular weight is 626 g/mol. The standard InChI is InChI=1S/C40H67NO4/c1-27(2)28-18-23-40(35(45)41-26-14-12-10-8-9-11-13-15-33(43)44)25-24-38(6)29(34(28)40)16-17-31-37(5)21-20-32(42)36(3,4)30(37)19-22-39(31,38)7/h28-32,34,42H,1,8-26H2,2-7H3,(H,41,45)(H,43,44)/t28-,29+,30-,31?,32-,34+,37-,38+,39+,40-/m0/s1. The van der Waals surface area contributed by atoms with E-state index in [1.54, 1.807) is 0 Å². The van der Waals surface area contributed by atoms with Gasteiger partial charge in [-0.1, -0.05) is 78.9 Å². The maximum Gasteiger partial charge on any atom is 0.303 e. The molecule has 1 unspecified atom stereocenters. The van der Waals surface area contributed by atoms with Crippen molar-refractivity contribution in [1.29, 1.82) is 0 Å². The summed E-state index contributed by atoms with van der Waals surface area (Å²) in [6.45, 7) is 20.1. The van der Waals surface area contributed by atoms with Crippen LogP contribution in [0.15, 0.2) is 12.2 Å². The van der Waals surface area contributed by atoms with Gasteiger partial charge in [-0.15, -0.1) is 0 Å². The van der Waals surface area contributed by atoms with E-state index in [0.29, 0.717) is 35.5 Å². The molecule has 0 aromatic carbocycles. The summed E-state index contributed by atoms with van der Waals surface area (Å²) in [5.74, 6) is 2.29. The number of aliphatic carboxylic acids is 1. The molecule has 45 heavy (non-hydrogen) atoms. The lowest BCUT2D eigenvalue weighted by molar-refractivity contribution is -0.246. The number of hydrogen-bond donors (Lipinski definition) is 3. The zero-order chi connectivity index (χ0) is 32.8. The number of rotatable bonds is 12. The van der Waals surface area contributed by atoms with E-state index in [9.17, 15) is 14.7 Å². The molecule has 5 fully saturated rings. The van der Waals surface area contributed by atoms with Crippen molar-refractivity contribution in [2.45, 2.75) is 163 Å². The van der Waals surface area contributed by atoms with E-state index in [4.69, 9.17) is 5.11 Å². The molecule has 5 nitrogen and oxygen atoms in total. The molecule has 5 aliphatic carbocycles. The third-order valence-corrected chi connectivity index (χ3v) is 15.9. The molecule has 5 saturated carbocycles. The van der Waals surface area contributed by atoms with E-state index in [1.165, 1.54) is 31.3 Å². The summed E-state index contributed by atoms with van der Waals surface area (Å²) in [5.41, 5.74) is 1.77. The minimum absolute atomic E-state index is 0.0235. The molecular formula is C40H67NO4. The minimum atomic E-state index is -0.694. The molecule has 0 aromatic rings. The lowest BCUT2D eigenvalue weighted by Gasteiger charge is -2.72. The Hall–Kier alpha value is -1.36. The number of aliphatic hydroxyl groups excluding tert-OH is 1. The Kier molecular flexibility index (Phi) is 10.0. The highest BCUT2D eigenvalue weighted by Crippen LogP contribution is 2.77. The lowest BCUT2D eigenvalue weighted by atomic mass is 9.32. The number of carbonyl (C=O) groups excluding carboxylic acids is 1. The van der Waals surface area contributed by atoms with Crippen LogP contribution in [0.5, 0.6) is 0 Å². The molecule has 5 aliphatic rings. The fourth-order valence-electron chi connectivity index (χ4n) is 13.2. The molecule has 5 heteroatoms. The highest BCUT2D eigenvalue weighted by atomic mass is 16.4. The summed E-state index contributed by atoms with van der Waals surface area (Å²) >= 11 is 0. The van der Waals surface area contributed by atoms with Gasteiger partial charge < -0.3 is 15.5 Å². The van der Waals surface area contributed by atoms with Crippen LogP contribution >= 0.6 is 0 Å². The van der Waals surface area contributed by atoms with Gasteiger partial charge in [0, 0.05) is 13.0 Å². The second-order valence-corrected chi connectivity index (χ2v) is 18.1. The smallest absolute Gasteiger partial charge is 0.303 e. The summed E-state index contributed by atoms with van der Waals surface area (Å²) in [5, 5.41) is 23.3. The number of aliphatic hydroxyl groups is 1. The fourth-order valence-corrected chi connectivity index (χ4v) is 13.2. The number of allylic oxidation sites excluding steroid dienone is 1. The number of carboxylic acids is 1. The van der Waals surface area contributed by atoms with Crippen LogP contribution in [-0.4, -0.2) is 34.7 Å². The van der Waals surface area contributed by atoms with Crippen LogP contribution in [0.1, 0.15) is 157 Å². The van der Waals surface area contributed by atoms with Crippen molar-refractivity contribution in [3.63, 3.8) is 0 Å². The van der Waals surface area contributed by atoms with Gasteiger partial charge in [0.1, 0.15) is 0 Å². The molecule has 1 amide bonds. The Balaban J connectivity index is 1.27. The van der Waals surface area contributed by atoms with Gasteiger partial charge in [-0.05, 0) is 135 Å². The number of carbonyl (C=O) groups is 2. The number of fused-ring (bicyclic) bond motifs is 7. The molecule has 0 spiro atoms. The molecule has 0 radical (unpaired) electrons. The van der Waals surface area contributed by atoms with Gasteiger partial charge in [0.25, 0.3) is 0 Å². The van der Waals surface area contributed by atoms with Crippen molar-refractivity contribution in [2.75, 3.05) is 6.54 Å². The largest absolute Gasteiger partial charge is 0.481 e. The maximum atomic E-state index is 14.3. The van der Waals surface area contributed by atoms with Gasteiger partial charge in [-0.2, -0.15) is 0 Å². The van der Waals surface area contributed by atoms with Crippen molar-refractivity contribution in [2.24, 2.45) is 56.7 Å². The maximum absolute atomic E-state index is 14.3. The molecular weight excluding hydrogens is 558 g/mol. The van der Waals surface area contributed by atoms with E-state index in [-0.39, 0.29) is 39.6 Å². The lowest BCUT2D eigenvalue weighted by Crippen LogP contribution is -2.67. The number of amides is 1. The van der Waals surface area contributed by atoms with E-state index >= 15 is 0 Å². The quantitative estimate of drug-likeness (QED) is 0.149. The summed E-state index contributed by atoms with van der Waals surface area (Å²) in [4.78, 5) is 25.0. The van der Waals surface area contributed by atoms with E-state index in [0.717, 1.165) is 90.0 Å². The third-order valence-electron chi connectivity index (χ3n) is 15.9. The molecule has 0 aromatic heterocycles. The van der Waals surface area contributed by atoms with Crippen LogP contribution in [-0.2, 0) is 9.59 Å². The van der Waals surface area contributed by atoms with Crippen molar-refractivity contribution >= 4 is 11.9 Å². The minimum Gasteiger partial charge on any atom is -0.481 e. The highest BCUT2D eigenvalue weighted by Gasteiger charge is 2.71. The average Bonchev–Trinajstić information content (AvgIpc) is 3.38. The normalized spacial score (nSPS) is 43.4. The number of unbranched alkanes of at least 4 members (excludes halogenated alkanes) is 6. The van der Waals surface area contributed by atoms with Gasteiger partial charge in [0.05, 0.1) is 11.5 Å². The zero-order valence-corrected chi connectivity index (χ0v) is 29.8. The van der Waals surface area contributed by atoms with Crippen LogP contribution in [0.3, 0.4) is 0 Å². The Morgan fingerprint density at radius 3 is 2.09 bits per heavy atom. The van der Waals surface area contributed by atoms with Crippen LogP contribution in [0, 0.1) is 56.7 Å². The van der Waals surface area contributed by atoms with Crippen molar-refractivity contribution in [1.82, 2.24) is 5.32 Å². The van der Waals surface area contributed by atoms with Crippen molar-refractivity contribution < 1.29 is 19.8 Å².